The highest BCUT2D eigenvalue weighted by Gasteiger charge is 2.15. The Kier molecular flexibility index (Phi) is 4.66. The molecule has 1 aliphatic heterocycles. The molecular weight excluding hydrogens is 176 g/mol. The number of nitrogens with one attached hydrogen (secondary N) is 1. The van der Waals surface area contributed by atoms with Gasteiger partial charge in [0, 0.05) is 26.1 Å². The van der Waals surface area contributed by atoms with Crippen LogP contribution in [0.3, 0.4) is 0 Å². The second-order valence-corrected chi connectivity index (χ2v) is 3.76. The molecule has 0 fully saturated rings. The first kappa shape index (κ1) is 11.2. The first-order valence-corrected chi connectivity index (χ1v) is 5.38. The van der Waals surface area contributed by atoms with Crippen LogP contribution in [-0.2, 0) is 4.79 Å². The summed E-state index contributed by atoms with van der Waals surface area (Å²) in [7, 11) is 0. The molecule has 1 aliphatic rings. The molecule has 1 heterocycles. The average molecular weight is 196 g/mol. The van der Waals surface area contributed by atoms with Gasteiger partial charge in [0.05, 0.1) is 0 Å². The minimum Gasteiger partial charge on any atom is -0.338 e. The Morgan fingerprint density at radius 2 is 2.43 bits per heavy atom. The summed E-state index contributed by atoms with van der Waals surface area (Å²) < 4.78 is 0. The van der Waals surface area contributed by atoms with Gasteiger partial charge in [-0.1, -0.05) is 18.6 Å². The van der Waals surface area contributed by atoms with Gasteiger partial charge >= 0.3 is 0 Å². The Hall–Kier alpha value is -0.830. The maximum Gasteiger partial charge on any atom is 0.224 e. The van der Waals surface area contributed by atoms with E-state index in [4.69, 9.17) is 0 Å². The highest BCUT2D eigenvalue weighted by atomic mass is 16.2. The van der Waals surface area contributed by atoms with Gasteiger partial charge in [-0.2, -0.15) is 0 Å². The molecule has 3 nitrogen and oxygen atoms in total. The first-order valence-electron chi connectivity index (χ1n) is 5.38. The summed E-state index contributed by atoms with van der Waals surface area (Å²) in [6, 6.07) is 0. The fraction of sp³-hybridized carbons (Fsp3) is 0.727. The lowest BCUT2D eigenvalue weighted by Crippen LogP contribution is -2.36. The van der Waals surface area contributed by atoms with Gasteiger partial charge in [-0.25, -0.2) is 0 Å². The van der Waals surface area contributed by atoms with Crippen molar-refractivity contribution in [2.24, 2.45) is 0 Å². The summed E-state index contributed by atoms with van der Waals surface area (Å²) in [6.45, 7) is 7.59. The lowest BCUT2D eigenvalue weighted by molar-refractivity contribution is -0.130. The Labute approximate surface area is 86.2 Å². The molecule has 0 unspecified atom stereocenters. The summed E-state index contributed by atoms with van der Waals surface area (Å²) in [5.74, 6) is 0.276. The Morgan fingerprint density at radius 3 is 3.07 bits per heavy atom. The van der Waals surface area contributed by atoms with Crippen molar-refractivity contribution in [1.82, 2.24) is 10.2 Å². The summed E-state index contributed by atoms with van der Waals surface area (Å²) in [4.78, 5) is 13.6. The lowest BCUT2D eigenvalue weighted by atomic mass is 10.1. The van der Waals surface area contributed by atoms with Gasteiger partial charge in [-0.15, -0.1) is 0 Å². The fourth-order valence-electron chi connectivity index (χ4n) is 1.65. The third kappa shape index (κ3) is 3.50. The van der Waals surface area contributed by atoms with Crippen molar-refractivity contribution in [2.45, 2.75) is 26.7 Å². The van der Waals surface area contributed by atoms with Crippen molar-refractivity contribution in [3.05, 3.63) is 11.6 Å². The average Bonchev–Trinajstić information content (AvgIpc) is 2.18. The number of hydrogen-bond donors (Lipinski definition) is 1. The fourth-order valence-corrected chi connectivity index (χ4v) is 1.65. The molecule has 14 heavy (non-hydrogen) atoms. The van der Waals surface area contributed by atoms with Gasteiger partial charge in [0.15, 0.2) is 0 Å². The molecule has 0 saturated carbocycles. The van der Waals surface area contributed by atoms with Gasteiger partial charge in [0.1, 0.15) is 0 Å². The second-order valence-electron chi connectivity index (χ2n) is 3.76. The third-order valence-electron chi connectivity index (χ3n) is 2.45. The zero-order valence-corrected chi connectivity index (χ0v) is 9.18. The van der Waals surface area contributed by atoms with Gasteiger partial charge in [-0.05, 0) is 19.9 Å². The van der Waals surface area contributed by atoms with Crippen molar-refractivity contribution in [3.63, 3.8) is 0 Å². The van der Waals surface area contributed by atoms with Crippen LogP contribution in [0.1, 0.15) is 26.7 Å². The van der Waals surface area contributed by atoms with Gasteiger partial charge in [-0.3, -0.25) is 4.79 Å². The van der Waals surface area contributed by atoms with Crippen LogP contribution in [0.5, 0.6) is 0 Å². The standard InChI is InChI=1S/C11H20N2O/c1-3-12-7-6-11(14)13-8-4-5-10(2)9-13/h5,12H,3-4,6-9H2,1-2H3. The Balaban J connectivity index is 2.27. The monoisotopic (exact) mass is 196 g/mol. The molecule has 0 radical (unpaired) electrons. The number of carbonyl (C=O) groups is 1. The first-order chi connectivity index (χ1) is 6.74. The zero-order chi connectivity index (χ0) is 10.4. The summed E-state index contributed by atoms with van der Waals surface area (Å²) in [6.07, 6.45) is 3.86. The van der Waals surface area contributed by atoms with Crippen molar-refractivity contribution < 1.29 is 4.79 Å². The van der Waals surface area contributed by atoms with Gasteiger partial charge in [0.2, 0.25) is 5.91 Å². The third-order valence-corrected chi connectivity index (χ3v) is 2.45. The summed E-state index contributed by atoms with van der Waals surface area (Å²) in [5.41, 5.74) is 1.31. The molecule has 0 spiro atoms. The maximum absolute atomic E-state index is 11.7. The molecular formula is C11H20N2O. The SMILES string of the molecule is CCNCCC(=O)N1CCC=C(C)C1. The molecule has 1 rings (SSSR count). The van der Waals surface area contributed by atoms with Gasteiger partial charge < -0.3 is 10.2 Å². The van der Waals surface area contributed by atoms with Crippen LogP contribution in [0.4, 0.5) is 0 Å². The predicted molar refractivity (Wildman–Crippen MR) is 58.1 cm³/mol. The topological polar surface area (TPSA) is 32.3 Å². The van der Waals surface area contributed by atoms with E-state index in [-0.39, 0.29) is 5.91 Å². The molecule has 0 saturated heterocycles. The van der Waals surface area contributed by atoms with Crippen LogP contribution in [0.15, 0.2) is 11.6 Å². The van der Waals surface area contributed by atoms with Crippen molar-refractivity contribution in [1.29, 1.82) is 0 Å². The van der Waals surface area contributed by atoms with E-state index in [2.05, 4.69) is 25.2 Å². The minimum atomic E-state index is 0.276. The van der Waals surface area contributed by atoms with E-state index in [9.17, 15) is 4.79 Å². The summed E-state index contributed by atoms with van der Waals surface area (Å²) in [5, 5.41) is 3.17. The van der Waals surface area contributed by atoms with Crippen LogP contribution in [0.25, 0.3) is 0 Å². The molecule has 3 heteroatoms. The molecule has 80 valence electrons. The minimum absolute atomic E-state index is 0.276. The number of amides is 1. The molecule has 1 amide bonds. The zero-order valence-electron chi connectivity index (χ0n) is 9.18. The van der Waals surface area contributed by atoms with Gasteiger partial charge in [0.25, 0.3) is 0 Å². The quantitative estimate of drug-likeness (QED) is 0.540. The number of nitrogens with zero attached hydrogens (tertiary/aromatic N) is 1. The highest BCUT2D eigenvalue weighted by Crippen LogP contribution is 2.09. The van der Waals surface area contributed by atoms with E-state index in [1.165, 1.54) is 5.57 Å². The predicted octanol–water partition coefficient (Wildman–Crippen LogP) is 1.16. The van der Waals surface area contributed by atoms with E-state index in [0.29, 0.717) is 6.42 Å². The summed E-state index contributed by atoms with van der Waals surface area (Å²) >= 11 is 0. The van der Waals surface area contributed by atoms with Crippen LogP contribution < -0.4 is 5.32 Å². The molecule has 0 bridgehead atoms. The molecule has 1 N–H and O–H groups in total. The number of rotatable bonds is 4. The van der Waals surface area contributed by atoms with Crippen molar-refractivity contribution >= 4 is 5.91 Å². The second kappa shape index (κ2) is 5.81. The molecule has 0 aliphatic carbocycles. The molecule has 0 atom stereocenters. The van der Waals surface area contributed by atoms with E-state index in [0.717, 1.165) is 32.6 Å². The van der Waals surface area contributed by atoms with Crippen LogP contribution in [0, 0.1) is 0 Å². The Bertz CT molecular complexity index is 223. The van der Waals surface area contributed by atoms with E-state index in [1.807, 2.05) is 4.90 Å². The van der Waals surface area contributed by atoms with E-state index < -0.39 is 0 Å². The smallest absolute Gasteiger partial charge is 0.224 e. The number of hydrogen-bond acceptors (Lipinski definition) is 2. The number of carbonyl (C=O) groups excluding carboxylic acids is 1. The van der Waals surface area contributed by atoms with Crippen LogP contribution in [0.2, 0.25) is 0 Å². The Morgan fingerprint density at radius 1 is 1.64 bits per heavy atom. The normalized spacial score (nSPS) is 16.7. The molecule has 0 aromatic rings. The van der Waals surface area contributed by atoms with E-state index in [1.54, 1.807) is 0 Å². The van der Waals surface area contributed by atoms with Crippen molar-refractivity contribution in [3.8, 4) is 0 Å². The largest absolute Gasteiger partial charge is 0.338 e. The van der Waals surface area contributed by atoms with Crippen LogP contribution >= 0.6 is 0 Å². The van der Waals surface area contributed by atoms with E-state index >= 15 is 0 Å². The lowest BCUT2D eigenvalue weighted by Gasteiger charge is -2.26. The van der Waals surface area contributed by atoms with Crippen LogP contribution in [-0.4, -0.2) is 37.0 Å². The highest BCUT2D eigenvalue weighted by molar-refractivity contribution is 5.76. The molecule has 0 aromatic heterocycles. The molecule has 0 aromatic carbocycles. The maximum atomic E-state index is 11.7. The van der Waals surface area contributed by atoms with Crippen molar-refractivity contribution in [2.75, 3.05) is 26.2 Å².